The summed E-state index contributed by atoms with van der Waals surface area (Å²) >= 11 is 0. The van der Waals surface area contributed by atoms with E-state index in [2.05, 4.69) is 66.6 Å². The highest BCUT2D eigenvalue weighted by atomic mass is 16.5. The van der Waals surface area contributed by atoms with Crippen LogP contribution in [-0.4, -0.2) is 17.1 Å². The van der Waals surface area contributed by atoms with Gasteiger partial charge in [0.05, 0.1) is 6.04 Å². The molecule has 3 heteroatoms. The number of hydrogen-bond acceptors (Lipinski definition) is 2. The molecule has 0 aliphatic heterocycles. The first-order valence-electron chi connectivity index (χ1n) is 8.93. The minimum atomic E-state index is -0.317. The van der Waals surface area contributed by atoms with Crippen molar-refractivity contribution in [3.05, 3.63) is 60.7 Å². The van der Waals surface area contributed by atoms with Crippen LogP contribution in [0.15, 0.2) is 60.7 Å². The number of ether oxygens (including phenoxy) is 1. The maximum Gasteiger partial charge on any atom is 0.333 e. The Labute approximate surface area is 148 Å². The first-order chi connectivity index (χ1) is 12.1. The molecule has 1 heterocycles. The van der Waals surface area contributed by atoms with Gasteiger partial charge in [-0.3, -0.25) is 0 Å². The Morgan fingerprint density at radius 1 is 1.08 bits per heavy atom. The lowest BCUT2D eigenvalue weighted by Gasteiger charge is -2.21. The number of unbranched alkanes of at least 4 members (excludes halogenated alkanes) is 1. The van der Waals surface area contributed by atoms with E-state index in [4.69, 9.17) is 4.74 Å². The lowest BCUT2D eigenvalue weighted by atomic mass is 10.1. The van der Waals surface area contributed by atoms with Crippen molar-refractivity contribution in [1.82, 2.24) is 4.57 Å². The lowest BCUT2D eigenvalue weighted by Crippen LogP contribution is -2.18. The Morgan fingerprint density at radius 3 is 2.16 bits per heavy atom. The number of aromatic nitrogens is 1. The number of fused-ring (bicyclic) bond motifs is 3. The van der Waals surface area contributed by atoms with Gasteiger partial charge >= 0.3 is 5.97 Å². The van der Waals surface area contributed by atoms with E-state index >= 15 is 0 Å². The SMILES string of the molecule is C=C(C)C(=O)OCC(CCCC)n1c2ccccc2c2ccccc21. The van der Waals surface area contributed by atoms with E-state index < -0.39 is 0 Å². The van der Waals surface area contributed by atoms with Gasteiger partial charge < -0.3 is 9.30 Å². The molecule has 0 spiro atoms. The Morgan fingerprint density at radius 2 is 1.64 bits per heavy atom. The summed E-state index contributed by atoms with van der Waals surface area (Å²) in [5.41, 5.74) is 2.82. The van der Waals surface area contributed by atoms with E-state index in [1.54, 1.807) is 6.92 Å². The van der Waals surface area contributed by atoms with Gasteiger partial charge in [-0.2, -0.15) is 0 Å². The molecule has 0 saturated heterocycles. The molecule has 3 nitrogen and oxygen atoms in total. The molecule has 0 bridgehead atoms. The number of esters is 1. The van der Waals surface area contributed by atoms with Gasteiger partial charge in [-0.25, -0.2) is 4.79 Å². The molecule has 2 aromatic carbocycles. The summed E-state index contributed by atoms with van der Waals surface area (Å²) in [7, 11) is 0. The third kappa shape index (κ3) is 3.46. The van der Waals surface area contributed by atoms with Gasteiger partial charge in [0.2, 0.25) is 0 Å². The average molecular weight is 335 g/mol. The van der Waals surface area contributed by atoms with Crippen LogP contribution < -0.4 is 0 Å². The van der Waals surface area contributed by atoms with Crippen LogP contribution >= 0.6 is 0 Å². The van der Waals surface area contributed by atoms with Crippen LogP contribution in [-0.2, 0) is 9.53 Å². The molecule has 0 radical (unpaired) electrons. The molecule has 0 amide bonds. The first kappa shape index (κ1) is 17.3. The van der Waals surface area contributed by atoms with E-state index in [-0.39, 0.29) is 12.0 Å². The summed E-state index contributed by atoms with van der Waals surface area (Å²) in [5, 5.41) is 2.48. The molecular weight excluding hydrogens is 310 g/mol. The minimum Gasteiger partial charge on any atom is -0.460 e. The summed E-state index contributed by atoms with van der Waals surface area (Å²) in [4.78, 5) is 11.9. The fourth-order valence-corrected chi connectivity index (χ4v) is 3.37. The highest BCUT2D eigenvalue weighted by molar-refractivity contribution is 6.08. The van der Waals surface area contributed by atoms with Gasteiger partial charge in [0.15, 0.2) is 0 Å². The molecule has 0 aliphatic carbocycles. The molecule has 3 rings (SSSR count). The highest BCUT2D eigenvalue weighted by Crippen LogP contribution is 2.33. The van der Waals surface area contributed by atoms with Crippen molar-refractivity contribution in [3.8, 4) is 0 Å². The number of rotatable bonds is 7. The normalized spacial score (nSPS) is 12.4. The van der Waals surface area contributed by atoms with Crippen molar-refractivity contribution in [2.75, 3.05) is 6.61 Å². The van der Waals surface area contributed by atoms with Gasteiger partial charge in [0, 0.05) is 27.4 Å². The fraction of sp³-hybridized carbons (Fsp3) is 0.318. The van der Waals surface area contributed by atoms with Crippen molar-refractivity contribution < 1.29 is 9.53 Å². The Hall–Kier alpha value is -2.55. The summed E-state index contributed by atoms with van der Waals surface area (Å²) in [5.74, 6) is -0.317. The number of benzene rings is 2. The molecule has 1 unspecified atom stereocenters. The zero-order chi connectivity index (χ0) is 17.8. The maximum atomic E-state index is 11.9. The van der Waals surface area contributed by atoms with Crippen LogP contribution in [0, 0.1) is 0 Å². The molecule has 130 valence electrons. The van der Waals surface area contributed by atoms with Gasteiger partial charge in [0.1, 0.15) is 6.61 Å². The van der Waals surface area contributed by atoms with Crippen LogP contribution in [0.2, 0.25) is 0 Å². The predicted octanol–water partition coefficient (Wildman–Crippen LogP) is 5.65. The molecule has 0 saturated carbocycles. The zero-order valence-corrected chi connectivity index (χ0v) is 15.0. The Bertz CT molecular complexity index is 853. The summed E-state index contributed by atoms with van der Waals surface area (Å²) < 4.78 is 7.86. The molecule has 0 aliphatic rings. The van der Waals surface area contributed by atoms with E-state index in [0.717, 1.165) is 19.3 Å². The quantitative estimate of drug-likeness (QED) is 0.413. The third-order valence-corrected chi connectivity index (χ3v) is 4.63. The van der Waals surface area contributed by atoms with Gasteiger partial charge in [-0.15, -0.1) is 0 Å². The van der Waals surface area contributed by atoms with Crippen LogP contribution in [0.3, 0.4) is 0 Å². The van der Waals surface area contributed by atoms with E-state index in [0.29, 0.717) is 12.2 Å². The molecular formula is C22H25NO2. The number of para-hydroxylation sites is 2. The largest absolute Gasteiger partial charge is 0.460 e. The van der Waals surface area contributed by atoms with Crippen molar-refractivity contribution in [3.63, 3.8) is 0 Å². The summed E-state index contributed by atoms with van der Waals surface area (Å²) in [6, 6.07) is 17.0. The monoisotopic (exact) mass is 335 g/mol. The predicted molar refractivity (Wildman–Crippen MR) is 104 cm³/mol. The van der Waals surface area contributed by atoms with E-state index in [1.807, 2.05) is 0 Å². The fourth-order valence-electron chi connectivity index (χ4n) is 3.37. The zero-order valence-electron chi connectivity index (χ0n) is 15.0. The second-order valence-corrected chi connectivity index (χ2v) is 6.58. The summed E-state index contributed by atoms with van der Waals surface area (Å²) in [6.45, 7) is 7.91. The molecule has 25 heavy (non-hydrogen) atoms. The average Bonchev–Trinajstić information content (AvgIpc) is 2.96. The van der Waals surface area contributed by atoms with E-state index in [1.165, 1.54) is 21.8 Å². The topological polar surface area (TPSA) is 31.2 Å². The van der Waals surface area contributed by atoms with Crippen molar-refractivity contribution in [2.24, 2.45) is 0 Å². The van der Waals surface area contributed by atoms with Crippen LogP contribution in [0.1, 0.15) is 39.2 Å². The van der Waals surface area contributed by atoms with Gasteiger partial charge in [-0.05, 0) is 25.5 Å². The molecule has 1 atom stereocenters. The number of hydrogen-bond donors (Lipinski definition) is 0. The van der Waals surface area contributed by atoms with Gasteiger partial charge in [-0.1, -0.05) is 62.7 Å². The number of nitrogens with zero attached hydrogens (tertiary/aromatic N) is 1. The second-order valence-electron chi connectivity index (χ2n) is 6.58. The minimum absolute atomic E-state index is 0.119. The highest BCUT2D eigenvalue weighted by Gasteiger charge is 2.19. The van der Waals surface area contributed by atoms with E-state index in [9.17, 15) is 4.79 Å². The summed E-state index contributed by atoms with van der Waals surface area (Å²) in [6.07, 6.45) is 3.18. The Kier molecular flexibility index (Phi) is 5.22. The van der Waals surface area contributed by atoms with Crippen molar-refractivity contribution >= 4 is 27.8 Å². The Balaban J connectivity index is 2.07. The standard InChI is InChI=1S/C22H25NO2/c1-4-5-10-17(15-25-22(24)16(2)3)23-20-13-8-6-11-18(20)19-12-7-9-14-21(19)23/h6-9,11-14,17H,2,4-5,10,15H2,1,3H3. The number of carbonyl (C=O) groups is 1. The van der Waals surface area contributed by atoms with Crippen LogP contribution in [0.5, 0.6) is 0 Å². The molecule has 3 aromatic rings. The molecule has 0 fully saturated rings. The molecule has 1 aromatic heterocycles. The number of carbonyl (C=O) groups excluding carboxylic acids is 1. The van der Waals surface area contributed by atoms with Crippen LogP contribution in [0.4, 0.5) is 0 Å². The smallest absolute Gasteiger partial charge is 0.333 e. The van der Waals surface area contributed by atoms with Crippen molar-refractivity contribution in [2.45, 2.75) is 39.2 Å². The first-order valence-corrected chi connectivity index (χ1v) is 8.93. The van der Waals surface area contributed by atoms with Gasteiger partial charge in [0.25, 0.3) is 0 Å². The third-order valence-electron chi connectivity index (χ3n) is 4.63. The van der Waals surface area contributed by atoms with Crippen LogP contribution in [0.25, 0.3) is 21.8 Å². The second kappa shape index (κ2) is 7.56. The lowest BCUT2D eigenvalue weighted by molar-refractivity contribution is -0.140. The molecule has 0 N–H and O–H groups in total. The van der Waals surface area contributed by atoms with Crippen molar-refractivity contribution in [1.29, 1.82) is 0 Å². The maximum absolute atomic E-state index is 11.9.